The first-order valence-electron chi connectivity index (χ1n) is 7.77. The number of H-pyrrole nitrogens is 1. The fourth-order valence-electron chi connectivity index (χ4n) is 2.42. The van der Waals surface area contributed by atoms with Gasteiger partial charge in [-0.1, -0.05) is 6.07 Å². The zero-order chi connectivity index (χ0) is 17.1. The molecule has 0 spiro atoms. The summed E-state index contributed by atoms with van der Waals surface area (Å²) in [7, 11) is 1.83. The van der Waals surface area contributed by atoms with E-state index in [9.17, 15) is 4.79 Å². The standard InChI is InChI=1S/C17H20N4OS2/c1-11-12(2)19-20-14(11)6-7-16(22)21(3)9-13-10-24-17(18-13)15-5-4-8-23-15/h4-5,8,10H,6-7,9H2,1-3H3,(H,19,20). The maximum atomic E-state index is 12.3. The van der Waals surface area contributed by atoms with Crippen molar-refractivity contribution in [1.82, 2.24) is 20.1 Å². The van der Waals surface area contributed by atoms with Crippen molar-refractivity contribution >= 4 is 28.6 Å². The molecule has 0 saturated carbocycles. The lowest BCUT2D eigenvalue weighted by atomic mass is 10.1. The van der Waals surface area contributed by atoms with Gasteiger partial charge in [0.25, 0.3) is 0 Å². The van der Waals surface area contributed by atoms with Crippen molar-refractivity contribution < 1.29 is 4.79 Å². The van der Waals surface area contributed by atoms with E-state index < -0.39 is 0 Å². The number of hydrogen-bond donors (Lipinski definition) is 1. The van der Waals surface area contributed by atoms with Crippen LogP contribution in [0.5, 0.6) is 0 Å². The Morgan fingerprint density at radius 3 is 2.83 bits per heavy atom. The van der Waals surface area contributed by atoms with Gasteiger partial charge in [0.05, 0.1) is 22.8 Å². The maximum Gasteiger partial charge on any atom is 0.223 e. The first-order valence-corrected chi connectivity index (χ1v) is 9.53. The highest BCUT2D eigenvalue weighted by Crippen LogP contribution is 2.28. The van der Waals surface area contributed by atoms with Gasteiger partial charge in [-0.05, 0) is 30.9 Å². The number of nitrogens with one attached hydrogen (secondary N) is 1. The SMILES string of the molecule is Cc1[nH]nc(CCC(=O)N(C)Cc2csc(-c3cccs3)n2)c1C. The summed E-state index contributed by atoms with van der Waals surface area (Å²) in [5.74, 6) is 0.112. The van der Waals surface area contributed by atoms with E-state index >= 15 is 0 Å². The third-order valence-corrected chi connectivity index (χ3v) is 5.97. The van der Waals surface area contributed by atoms with Crippen LogP contribution in [0.3, 0.4) is 0 Å². The molecule has 0 aliphatic carbocycles. The fraction of sp³-hybridized carbons (Fsp3) is 0.353. The van der Waals surface area contributed by atoms with Crippen LogP contribution in [0.15, 0.2) is 22.9 Å². The Kier molecular flexibility index (Phi) is 5.11. The molecular formula is C17H20N4OS2. The van der Waals surface area contributed by atoms with Gasteiger partial charge in [-0.25, -0.2) is 4.98 Å². The second-order valence-corrected chi connectivity index (χ2v) is 7.60. The lowest BCUT2D eigenvalue weighted by Gasteiger charge is -2.15. The van der Waals surface area contributed by atoms with Crippen LogP contribution >= 0.6 is 22.7 Å². The topological polar surface area (TPSA) is 61.9 Å². The Hall–Kier alpha value is -1.99. The molecule has 3 heterocycles. The number of thiazole rings is 1. The Morgan fingerprint density at radius 2 is 2.17 bits per heavy atom. The third-order valence-electron chi connectivity index (χ3n) is 4.04. The van der Waals surface area contributed by atoms with Crippen LogP contribution in [0, 0.1) is 13.8 Å². The molecule has 3 rings (SSSR count). The molecule has 0 atom stereocenters. The van der Waals surface area contributed by atoms with Crippen LogP contribution in [0.4, 0.5) is 0 Å². The molecule has 0 unspecified atom stereocenters. The molecule has 0 aliphatic heterocycles. The quantitative estimate of drug-likeness (QED) is 0.727. The van der Waals surface area contributed by atoms with E-state index in [-0.39, 0.29) is 5.91 Å². The monoisotopic (exact) mass is 360 g/mol. The average Bonchev–Trinajstić information content (AvgIpc) is 3.29. The van der Waals surface area contributed by atoms with Crippen molar-refractivity contribution in [2.24, 2.45) is 0 Å². The van der Waals surface area contributed by atoms with E-state index in [1.807, 2.05) is 37.7 Å². The molecule has 1 N–H and O–H groups in total. The molecule has 0 saturated heterocycles. The summed E-state index contributed by atoms with van der Waals surface area (Å²) in [5, 5.41) is 12.3. The Labute approximate surface area is 149 Å². The number of carbonyl (C=O) groups excluding carboxylic acids is 1. The maximum absolute atomic E-state index is 12.3. The van der Waals surface area contributed by atoms with Gasteiger partial charge in [0, 0.05) is 31.0 Å². The number of amides is 1. The van der Waals surface area contributed by atoms with Crippen LogP contribution in [0.2, 0.25) is 0 Å². The summed E-state index contributed by atoms with van der Waals surface area (Å²) >= 11 is 3.30. The van der Waals surface area contributed by atoms with Crippen molar-refractivity contribution in [2.45, 2.75) is 33.2 Å². The molecule has 0 radical (unpaired) electrons. The highest BCUT2D eigenvalue weighted by atomic mass is 32.1. The fourth-order valence-corrected chi connectivity index (χ4v) is 4.04. The van der Waals surface area contributed by atoms with Crippen molar-refractivity contribution in [1.29, 1.82) is 0 Å². The molecule has 3 aromatic rings. The largest absolute Gasteiger partial charge is 0.340 e. The minimum absolute atomic E-state index is 0.112. The minimum Gasteiger partial charge on any atom is -0.340 e. The van der Waals surface area contributed by atoms with Crippen molar-refractivity contribution in [2.75, 3.05) is 7.05 Å². The number of nitrogens with zero attached hydrogens (tertiary/aromatic N) is 3. The molecule has 0 aromatic carbocycles. The summed E-state index contributed by atoms with van der Waals surface area (Å²) in [5.41, 5.74) is 4.12. The van der Waals surface area contributed by atoms with Gasteiger partial charge in [0.1, 0.15) is 5.01 Å². The number of aromatic nitrogens is 3. The zero-order valence-electron chi connectivity index (χ0n) is 14.0. The highest BCUT2D eigenvalue weighted by molar-refractivity contribution is 7.20. The van der Waals surface area contributed by atoms with Gasteiger partial charge < -0.3 is 4.90 Å². The van der Waals surface area contributed by atoms with Gasteiger partial charge in [-0.2, -0.15) is 5.10 Å². The second-order valence-electron chi connectivity index (χ2n) is 5.79. The zero-order valence-corrected chi connectivity index (χ0v) is 15.6. The first kappa shape index (κ1) is 16.9. The van der Waals surface area contributed by atoms with Crippen molar-refractivity contribution in [3.8, 4) is 9.88 Å². The van der Waals surface area contributed by atoms with Crippen LogP contribution in [-0.2, 0) is 17.8 Å². The third kappa shape index (κ3) is 3.73. The minimum atomic E-state index is 0.112. The molecule has 0 aliphatic rings. The lowest BCUT2D eigenvalue weighted by molar-refractivity contribution is -0.130. The first-order chi connectivity index (χ1) is 11.5. The molecular weight excluding hydrogens is 340 g/mol. The predicted molar refractivity (Wildman–Crippen MR) is 98.3 cm³/mol. The number of rotatable bonds is 6. The molecule has 1 amide bonds. The van der Waals surface area contributed by atoms with E-state index in [1.165, 1.54) is 4.88 Å². The van der Waals surface area contributed by atoms with Crippen LogP contribution in [-0.4, -0.2) is 33.0 Å². The molecule has 0 fully saturated rings. The van der Waals surface area contributed by atoms with Crippen molar-refractivity contribution in [3.05, 3.63) is 45.5 Å². The smallest absolute Gasteiger partial charge is 0.223 e. The molecule has 7 heteroatoms. The van der Waals surface area contributed by atoms with E-state index in [1.54, 1.807) is 27.6 Å². The second kappa shape index (κ2) is 7.27. The molecule has 0 bridgehead atoms. The van der Waals surface area contributed by atoms with E-state index in [0.29, 0.717) is 19.4 Å². The number of thiophene rings is 1. The Balaban J connectivity index is 1.55. The average molecular weight is 361 g/mol. The van der Waals surface area contributed by atoms with E-state index in [4.69, 9.17) is 0 Å². The predicted octanol–water partition coefficient (Wildman–Crippen LogP) is 3.80. The number of aromatic amines is 1. The Bertz CT molecular complexity index is 820. The number of carbonyl (C=O) groups is 1. The summed E-state index contributed by atoms with van der Waals surface area (Å²) in [6.45, 7) is 4.57. The summed E-state index contributed by atoms with van der Waals surface area (Å²) in [4.78, 5) is 19.9. The summed E-state index contributed by atoms with van der Waals surface area (Å²) in [6.07, 6.45) is 1.13. The summed E-state index contributed by atoms with van der Waals surface area (Å²) < 4.78 is 0. The van der Waals surface area contributed by atoms with E-state index in [2.05, 4.69) is 21.2 Å². The lowest BCUT2D eigenvalue weighted by Crippen LogP contribution is -2.26. The van der Waals surface area contributed by atoms with Gasteiger partial charge in [0.2, 0.25) is 5.91 Å². The number of aryl methyl sites for hydroxylation is 2. The number of hydrogen-bond acceptors (Lipinski definition) is 5. The van der Waals surface area contributed by atoms with E-state index in [0.717, 1.165) is 27.7 Å². The van der Waals surface area contributed by atoms with Crippen molar-refractivity contribution in [3.63, 3.8) is 0 Å². The van der Waals surface area contributed by atoms with Gasteiger partial charge in [-0.3, -0.25) is 9.89 Å². The van der Waals surface area contributed by atoms with Crippen LogP contribution < -0.4 is 0 Å². The highest BCUT2D eigenvalue weighted by Gasteiger charge is 2.14. The van der Waals surface area contributed by atoms with Gasteiger partial charge >= 0.3 is 0 Å². The normalized spacial score (nSPS) is 11.0. The molecule has 3 aromatic heterocycles. The van der Waals surface area contributed by atoms with Crippen LogP contribution in [0.1, 0.15) is 29.1 Å². The molecule has 126 valence electrons. The molecule has 24 heavy (non-hydrogen) atoms. The van der Waals surface area contributed by atoms with Gasteiger partial charge in [0.15, 0.2) is 0 Å². The van der Waals surface area contributed by atoms with Gasteiger partial charge in [-0.15, -0.1) is 22.7 Å². The Morgan fingerprint density at radius 1 is 1.33 bits per heavy atom. The van der Waals surface area contributed by atoms with Crippen LogP contribution in [0.25, 0.3) is 9.88 Å². The molecule has 5 nitrogen and oxygen atoms in total. The summed E-state index contributed by atoms with van der Waals surface area (Å²) in [6, 6.07) is 4.09.